The number of aliphatic imine (C=N–C) groups is 1. The Labute approximate surface area is 141 Å². The lowest BCUT2D eigenvalue weighted by Gasteiger charge is -2.34. The van der Waals surface area contributed by atoms with Gasteiger partial charge in [-0.1, -0.05) is 18.2 Å². The molecule has 0 atom stereocenters. The van der Waals surface area contributed by atoms with Crippen LogP contribution in [0.5, 0.6) is 5.75 Å². The van der Waals surface area contributed by atoms with Crippen molar-refractivity contribution >= 4 is 17.3 Å². The zero-order valence-corrected chi connectivity index (χ0v) is 14.3. The first-order valence-electron chi connectivity index (χ1n) is 8.03. The van der Waals surface area contributed by atoms with Gasteiger partial charge in [-0.25, -0.2) is 0 Å². The highest BCUT2D eigenvalue weighted by atomic mass is 32.1. The number of para-hydroxylation sites is 1. The number of thiophene rings is 1. The van der Waals surface area contributed by atoms with Crippen LogP contribution in [0.2, 0.25) is 0 Å². The van der Waals surface area contributed by atoms with Gasteiger partial charge in [0.1, 0.15) is 11.9 Å². The molecule has 0 aliphatic carbocycles. The smallest absolute Gasteiger partial charge is 0.193 e. The summed E-state index contributed by atoms with van der Waals surface area (Å²) in [5.74, 6) is 1.94. The van der Waals surface area contributed by atoms with E-state index in [0.29, 0.717) is 6.10 Å². The molecular weight excluding hydrogens is 306 g/mol. The predicted octanol–water partition coefficient (Wildman–Crippen LogP) is 3.37. The van der Waals surface area contributed by atoms with Crippen LogP contribution in [-0.4, -0.2) is 37.1 Å². The second-order valence-electron chi connectivity index (χ2n) is 5.65. The topological polar surface area (TPSA) is 36.9 Å². The molecule has 0 spiro atoms. The quantitative estimate of drug-likeness (QED) is 0.690. The minimum absolute atomic E-state index is 0.295. The van der Waals surface area contributed by atoms with Gasteiger partial charge in [-0.05, 0) is 34.5 Å². The summed E-state index contributed by atoms with van der Waals surface area (Å²) in [6.45, 7) is 2.78. The zero-order chi connectivity index (χ0) is 15.9. The molecule has 0 saturated carbocycles. The lowest BCUT2D eigenvalue weighted by atomic mass is 10.1. The summed E-state index contributed by atoms with van der Waals surface area (Å²) in [5, 5.41) is 7.72. The Morgan fingerprint density at radius 2 is 2.04 bits per heavy atom. The number of nitrogens with zero attached hydrogens (tertiary/aromatic N) is 2. The number of nitrogens with one attached hydrogen (secondary N) is 1. The van der Waals surface area contributed by atoms with E-state index in [2.05, 4.69) is 32.0 Å². The van der Waals surface area contributed by atoms with Gasteiger partial charge in [-0.15, -0.1) is 0 Å². The van der Waals surface area contributed by atoms with Crippen molar-refractivity contribution in [3.8, 4) is 5.75 Å². The largest absolute Gasteiger partial charge is 0.490 e. The number of hydrogen-bond acceptors (Lipinski definition) is 3. The highest BCUT2D eigenvalue weighted by molar-refractivity contribution is 7.07. The summed E-state index contributed by atoms with van der Waals surface area (Å²) < 4.78 is 6.05. The van der Waals surface area contributed by atoms with Gasteiger partial charge in [-0.3, -0.25) is 4.99 Å². The van der Waals surface area contributed by atoms with E-state index in [1.165, 1.54) is 5.56 Å². The molecule has 1 saturated heterocycles. The normalized spacial score (nSPS) is 16.4. The van der Waals surface area contributed by atoms with Crippen molar-refractivity contribution < 1.29 is 4.74 Å². The fourth-order valence-corrected chi connectivity index (χ4v) is 3.45. The summed E-state index contributed by atoms with van der Waals surface area (Å²) in [6, 6.07) is 12.2. The molecule has 5 heteroatoms. The SMILES string of the molecule is CN=C(NCc1ccsc1)N1CCC(Oc2ccccc2)CC1. The minimum atomic E-state index is 0.295. The molecule has 1 aliphatic rings. The van der Waals surface area contributed by atoms with E-state index in [9.17, 15) is 0 Å². The summed E-state index contributed by atoms with van der Waals surface area (Å²) in [5.41, 5.74) is 1.30. The molecule has 0 radical (unpaired) electrons. The third-order valence-electron chi connectivity index (χ3n) is 4.03. The number of guanidine groups is 1. The molecule has 1 N–H and O–H groups in total. The van der Waals surface area contributed by atoms with Gasteiger partial charge >= 0.3 is 0 Å². The van der Waals surface area contributed by atoms with Crippen molar-refractivity contribution in [3.05, 3.63) is 52.7 Å². The van der Waals surface area contributed by atoms with E-state index in [0.717, 1.165) is 44.2 Å². The first kappa shape index (κ1) is 15.9. The van der Waals surface area contributed by atoms with Gasteiger partial charge < -0.3 is 15.0 Å². The molecule has 2 heterocycles. The Morgan fingerprint density at radius 3 is 2.70 bits per heavy atom. The number of ether oxygens (including phenoxy) is 1. The predicted molar refractivity (Wildman–Crippen MR) is 96.2 cm³/mol. The number of hydrogen-bond donors (Lipinski definition) is 1. The third kappa shape index (κ3) is 4.48. The van der Waals surface area contributed by atoms with Crippen LogP contribution in [0.3, 0.4) is 0 Å². The lowest BCUT2D eigenvalue weighted by molar-refractivity contribution is 0.129. The van der Waals surface area contributed by atoms with Gasteiger partial charge in [0.05, 0.1) is 0 Å². The molecule has 1 aromatic carbocycles. The lowest BCUT2D eigenvalue weighted by Crippen LogP contribution is -2.47. The summed E-state index contributed by atoms with van der Waals surface area (Å²) >= 11 is 1.73. The van der Waals surface area contributed by atoms with E-state index in [4.69, 9.17) is 4.74 Å². The number of piperidine rings is 1. The molecule has 23 heavy (non-hydrogen) atoms. The Balaban J connectivity index is 1.47. The van der Waals surface area contributed by atoms with E-state index >= 15 is 0 Å². The molecule has 3 rings (SSSR count). The average Bonchev–Trinajstić information content (AvgIpc) is 3.11. The monoisotopic (exact) mass is 329 g/mol. The maximum absolute atomic E-state index is 6.05. The molecule has 4 nitrogen and oxygen atoms in total. The van der Waals surface area contributed by atoms with E-state index < -0.39 is 0 Å². The zero-order valence-electron chi connectivity index (χ0n) is 13.4. The van der Waals surface area contributed by atoms with Crippen molar-refractivity contribution in [2.45, 2.75) is 25.5 Å². The highest BCUT2D eigenvalue weighted by Crippen LogP contribution is 2.18. The van der Waals surface area contributed by atoms with Gasteiger partial charge in [0, 0.05) is 39.5 Å². The third-order valence-corrected chi connectivity index (χ3v) is 4.76. The Kier molecular flexibility index (Phi) is 5.53. The van der Waals surface area contributed by atoms with Crippen molar-refractivity contribution in [1.82, 2.24) is 10.2 Å². The Hall–Kier alpha value is -2.01. The molecule has 122 valence electrons. The van der Waals surface area contributed by atoms with Gasteiger partial charge in [0.25, 0.3) is 0 Å². The van der Waals surface area contributed by atoms with Gasteiger partial charge in [0.15, 0.2) is 5.96 Å². The molecule has 1 aromatic heterocycles. The van der Waals surface area contributed by atoms with Crippen molar-refractivity contribution in [2.75, 3.05) is 20.1 Å². The minimum Gasteiger partial charge on any atom is -0.490 e. The average molecular weight is 329 g/mol. The first-order chi connectivity index (χ1) is 11.3. The van der Waals surface area contributed by atoms with Crippen LogP contribution in [0.4, 0.5) is 0 Å². The highest BCUT2D eigenvalue weighted by Gasteiger charge is 2.22. The second-order valence-corrected chi connectivity index (χ2v) is 6.43. The fraction of sp³-hybridized carbons (Fsp3) is 0.389. The maximum atomic E-state index is 6.05. The van der Waals surface area contributed by atoms with E-state index in [-0.39, 0.29) is 0 Å². The van der Waals surface area contributed by atoms with Crippen molar-refractivity contribution in [2.24, 2.45) is 4.99 Å². The Morgan fingerprint density at radius 1 is 1.26 bits per heavy atom. The van der Waals surface area contributed by atoms with Gasteiger partial charge in [-0.2, -0.15) is 11.3 Å². The molecule has 1 fully saturated rings. The molecule has 0 unspecified atom stereocenters. The van der Waals surface area contributed by atoms with Crippen LogP contribution in [-0.2, 0) is 6.54 Å². The Bertz CT molecular complexity index is 604. The molecule has 0 amide bonds. The van der Waals surface area contributed by atoms with Crippen LogP contribution in [0.1, 0.15) is 18.4 Å². The van der Waals surface area contributed by atoms with Crippen LogP contribution in [0.25, 0.3) is 0 Å². The van der Waals surface area contributed by atoms with E-state index in [1.54, 1.807) is 11.3 Å². The number of likely N-dealkylation sites (tertiary alicyclic amines) is 1. The second kappa shape index (κ2) is 8.02. The molecule has 0 bridgehead atoms. The van der Waals surface area contributed by atoms with Crippen LogP contribution >= 0.6 is 11.3 Å². The van der Waals surface area contributed by atoms with Crippen molar-refractivity contribution in [3.63, 3.8) is 0 Å². The van der Waals surface area contributed by atoms with Gasteiger partial charge in [0.2, 0.25) is 0 Å². The standard InChI is InChI=1S/C18H23N3OS/c1-19-18(20-13-15-9-12-23-14-15)21-10-7-17(8-11-21)22-16-5-3-2-4-6-16/h2-6,9,12,14,17H,7-8,10-11,13H2,1H3,(H,19,20). The van der Waals surface area contributed by atoms with Crippen molar-refractivity contribution in [1.29, 1.82) is 0 Å². The van der Waals surface area contributed by atoms with E-state index in [1.807, 2.05) is 37.4 Å². The molecular formula is C18H23N3OS. The number of benzene rings is 1. The van der Waals surface area contributed by atoms with Crippen LogP contribution < -0.4 is 10.1 Å². The fourth-order valence-electron chi connectivity index (χ4n) is 2.78. The molecule has 2 aromatic rings. The van der Waals surface area contributed by atoms with Crippen LogP contribution in [0, 0.1) is 0 Å². The number of rotatable bonds is 4. The van der Waals surface area contributed by atoms with Crippen LogP contribution in [0.15, 0.2) is 52.2 Å². The first-order valence-corrected chi connectivity index (χ1v) is 8.98. The summed E-state index contributed by atoms with van der Waals surface area (Å²) in [4.78, 5) is 6.73. The molecule has 1 aliphatic heterocycles. The summed E-state index contributed by atoms with van der Waals surface area (Å²) in [7, 11) is 1.85. The summed E-state index contributed by atoms with van der Waals surface area (Å²) in [6.07, 6.45) is 2.34. The maximum Gasteiger partial charge on any atom is 0.193 e.